The number of ether oxygens (including phenoxy) is 2. The van der Waals surface area contributed by atoms with Gasteiger partial charge in [-0.05, 0) is 37.4 Å². The molecule has 2 aromatic rings. The van der Waals surface area contributed by atoms with Crippen LogP contribution in [0, 0.1) is 0 Å². The first-order valence-corrected chi connectivity index (χ1v) is 8.00. The van der Waals surface area contributed by atoms with Crippen LogP contribution in [0.25, 0.3) is 0 Å². The number of benzene rings is 2. The molecule has 2 aromatic carbocycles. The van der Waals surface area contributed by atoms with Crippen LogP contribution in [-0.2, 0) is 11.2 Å². The lowest BCUT2D eigenvalue weighted by Gasteiger charge is -2.25. The van der Waals surface area contributed by atoms with E-state index in [1.165, 1.54) is 0 Å². The van der Waals surface area contributed by atoms with Crippen LogP contribution < -0.4 is 14.8 Å². The van der Waals surface area contributed by atoms with Crippen LogP contribution >= 0.6 is 12.4 Å². The normalized spacial score (nSPS) is 13.2. The maximum Gasteiger partial charge on any atom is 0.231 e. The zero-order valence-electron chi connectivity index (χ0n) is 14.4. The lowest BCUT2D eigenvalue weighted by Crippen LogP contribution is -2.35. The summed E-state index contributed by atoms with van der Waals surface area (Å²) in [5, 5.41) is 3.03. The minimum absolute atomic E-state index is 0. The number of likely N-dealkylation sites (N-methyl/N-ethyl adjacent to an activating group) is 1. The summed E-state index contributed by atoms with van der Waals surface area (Å²) in [4.78, 5) is 14.3. The summed E-state index contributed by atoms with van der Waals surface area (Å²) in [7, 11) is 4.00. The van der Waals surface area contributed by atoms with Crippen molar-refractivity contribution in [2.24, 2.45) is 0 Å². The van der Waals surface area contributed by atoms with Gasteiger partial charge in [0.2, 0.25) is 12.7 Å². The number of amides is 1. The summed E-state index contributed by atoms with van der Waals surface area (Å²) >= 11 is 0. The van der Waals surface area contributed by atoms with Crippen molar-refractivity contribution in [3.63, 3.8) is 0 Å². The molecule has 0 fully saturated rings. The van der Waals surface area contributed by atoms with Gasteiger partial charge in [0.05, 0.1) is 12.5 Å². The number of carbonyl (C=O) groups excluding carboxylic acids is 1. The summed E-state index contributed by atoms with van der Waals surface area (Å²) in [6.45, 7) is 0.803. The van der Waals surface area contributed by atoms with Crippen LogP contribution in [-0.4, -0.2) is 38.2 Å². The van der Waals surface area contributed by atoms with E-state index in [-0.39, 0.29) is 31.1 Å². The third kappa shape index (κ3) is 4.87. The highest BCUT2D eigenvalue weighted by Gasteiger charge is 2.20. The second kappa shape index (κ2) is 8.74. The fourth-order valence-electron chi connectivity index (χ4n) is 2.77. The molecule has 1 aliphatic heterocycles. The second-order valence-corrected chi connectivity index (χ2v) is 6.06. The maximum atomic E-state index is 12.2. The molecule has 1 N–H and O–H groups in total. The Morgan fingerprint density at radius 2 is 1.84 bits per heavy atom. The van der Waals surface area contributed by atoms with Crippen molar-refractivity contribution < 1.29 is 14.3 Å². The Labute approximate surface area is 154 Å². The highest BCUT2D eigenvalue weighted by Crippen LogP contribution is 2.34. The van der Waals surface area contributed by atoms with Gasteiger partial charge in [-0.15, -0.1) is 12.4 Å². The van der Waals surface area contributed by atoms with Crippen molar-refractivity contribution in [1.29, 1.82) is 0 Å². The Balaban J connectivity index is 0.00000225. The Morgan fingerprint density at radius 3 is 2.56 bits per heavy atom. The third-order valence-electron chi connectivity index (χ3n) is 4.10. The zero-order valence-corrected chi connectivity index (χ0v) is 15.2. The summed E-state index contributed by atoms with van der Waals surface area (Å²) < 4.78 is 10.8. The molecule has 0 saturated heterocycles. The molecule has 0 spiro atoms. The molecule has 3 rings (SSSR count). The molecule has 1 unspecified atom stereocenters. The quantitative estimate of drug-likeness (QED) is 0.858. The first-order chi connectivity index (χ1) is 11.6. The van der Waals surface area contributed by atoms with Crippen molar-refractivity contribution in [3.8, 4) is 11.5 Å². The Kier molecular flexibility index (Phi) is 6.67. The zero-order chi connectivity index (χ0) is 16.9. The molecule has 0 bridgehead atoms. The molecule has 25 heavy (non-hydrogen) atoms. The Hall–Kier alpha value is -2.24. The van der Waals surface area contributed by atoms with E-state index in [1.807, 2.05) is 62.6 Å². The third-order valence-corrected chi connectivity index (χ3v) is 4.10. The average molecular weight is 363 g/mol. The molecule has 0 radical (unpaired) electrons. The lowest BCUT2D eigenvalue weighted by molar-refractivity contribution is -0.120. The highest BCUT2D eigenvalue weighted by atomic mass is 35.5. The Morgan fingerprint density at radius 1 is 1.12 bits per heavy atom. The molecule has 6 heteroatoms. The van der Waals surface area contributed by atoms with Crippen molar-refractivity contribution in [3.05, 3.63) is 59.7 Å². The first kappa shape index (κ1) is 19.1. The number of halogens is 1. The number of fused-ring (bicyclic) bond motifs is 1. The van der Waals surface area contributed by atoms with Crippen LogP contribution in [0.2, 0.25) is 0 Å². The predicted molar refractivity (Wildman–Crippen MR) is 99.4 cm³/mol. The SMILES string of the molecule is CN(C)C(CNC(=O)Cc1ccccc1)c1ccc2c(c1)OCO2.Cl. The van der Waals surface area contributed by atoms with Crippen LogP contribution in [0.1, 0.15) is 17.2 Å². The minimum atomic E-state index is 0. The maximum absolute atomic E-state index is 12.2. The van der Waals surface area contributed by atoms with Gasteiger partial charge in [-0.2, -0.15) is 0 Å². The number of rotatable bonds is 6. The molecule has 5 nitrogen and oxygen atoms in total. The van der Waals surface area contributed by atoms with Crippen LogP contribution in [0.15, 0.2) is 48.5 Å². The number of nitrogens with zero attached hydrogens (tertiary/aromatic N) is 1. The molecule has 0 saturated carbocycles. The van der Waals surface area contributed by atoms with E-state index in [1.54, 1.807) is 0 Å². The molecule has 1 amide bonds. The van der Waals surface area contributed by atoms with Crippen molar-refractivity contribution in [1.82, 2.24) is 10.2 Å². The van der Waals surface area contributed by atoms with Crippen molar-refractivity contribution >= 4 is 18.3 Å². The molecular weight excluding hydrogens is 340 g/mol. The average Bonchev–Trinajstić information content (AvgIpc) is 3.03. The van der Waals surface area contributed by atoms with E-state index < -0.39 is 0 Å². The fourth-order valence-corrected chi connectivity index (χ4v) is 2.77. The van der Waals surface area contributed by atoms with Crippen LogP contribution in [0.5, 0.6) is 11.5 Å². The minimum Gasteiger partial charge on any atom is -0.454 e. The van der Waals surface area contributed by atoms with Gasteiger partial charge in [0.15, 0.2) is 11.5 Å². The molecular formula is C19H23ClN2O3. The van der Waals surface area contributed by atoms with E-state index >= 15 is 0 Å². The summed E-state index contributed by atoms with van der Waals surface area (Å²) in [6.07, 6.45) is 0.391. The predicted octanol–water partition coefficient (Wildman–Crippen LogP) is 2.80. The van der Waals surface area contributed by atoms with Gasteiger partial charge >= 0.3 is 0 Å². The molecule has 1 aliphatic rings. The summed E-state index contributed by atoms with van der Waals surface area (Å²) in [5.74, 6) is 1.55. The molecule has 1 heterocycles. The first-order valence-electron chi connectivity index (χ1n) is 8.00. The van der Waals surface area contributed by atoms with Gasteiger partial charge in [0.25, 0.3) is 0 Å². The van der Waals surface area contributed by atoms with Crippen LogP contribution in [0.4, 0.5) is 0 Å². The summed E-state index contributed by atoms with van der Waals surface area (Å²) in [5.41, 5.74) is 2.10. The van der Waals surface area contributed by atoms with Gasteiger partial charge in [-0.3, -0.25) is 4.79 Å². The lowest BCUT2D eigenvalue weighted by atomic mass is 10.0. The van der Waals surface area contributed by atoms with E-state index in [0.29, 0.717) is 13.0 Å². The van der Waals surface area contributed by atoms with Gasteiger partial charge in [0, 0.05) is 6.54 Å². The molecule has 1 atom stereocenters. The molecule has 0 aliphatic carbocycles. The monoisotopic (exact) mass is 362 g/mol. The number of hydrogen-bond donors (Lipinski definition) is 1. The second-order valence-electron chi connectivity index (χ2n) is 6.06. The van der Waals surface area contributed by atoms with E-state index in [9.17, 15) is 4.79 Å². The van der Waals surface area contributed by atoms with Gasteiger partial charge in [-0.25, -0.2) is 0 Å². The van der Waals surface area contributed by atoms with Crippen molar-refractivity contribution in [2.45, 2.75) is 12.5 Å². The topological polar surface area (TPSA) is 50.8 Å². The number of carbonyl (C=O) groups is 1. The van der Waals surface area contributed by atoms with Gasteiger partial charge in [0.1, 0.15) is 0 Å². The summed E-state index contributed by atoms with van der Waals surface area (Å²) in [6, 6.07) is 15.7. The van der Waals surface area contributed by atoms with Gasteiger partial charge in [-0.1, -0.05) is 36.4 Å². The largest absolute Gasteiger partial charge is 0.454 e. The highest BCUT2D eigenvalue weighted by molar-refractivity contribution is 5.85. The standard InChI is InChI=1S/C19H22N2O3.ClH/c1-21(2)16(15-8-9-17-18(11-15)24-13-23-17)12-20-19(22)10-14-6-4-3-5-7-14;/h3-9,11,16H,10,12-13H2,1-2H3,(H,20,22);1H. The van der Waals surface area contributed by atoms with Crippen LogP contribution in [0.3, 0.4) is 0 Å². The van der Waals surface area contributed by atoms with E-state index in [2.05, 4.69) is 10.2 Å². The van der Waals surface area contributed by atoms with E-state index in [4.69, 9.17) is 9.47 Å². The Bertz CT molecular complexity index is 707. The number of hydrogen-bond acceptors (Lipinski definition) is 4. The smallest absolute Gasteiger partial charge is 0.231 e. The van der Waals surface area contributed by atoms with E-state index in [0.717, 1.165) is 22.6 Å². The fraction of sp³-hybridized carbons (Fsp3) is 0.316. The molecule has 134 valence electrons. The van der Waals surface area contributed by atoms with Gasteiger partial charge < -0.3 is 19.7 Å². The van der Waals surface area contributed by atoms with Crippen molar-refractivity contribution in [2.75, 3.05) is 27.4 Å². The molecule has 0 aromatic heterocycles. The number of nitrogens with one attached hydrogen (secondary N) is 1.